The lowest BCUT2D eigenvalue weighted by molar-refractivity contribution is 0.415. The predicted molar refractivity (Wildman–Crippen MR) is 59.6 cm³/mol. The van der Waals surface area contributed by atoms with Gasteiger partial charge in [-0.3, -0.25) is 0 Å². The van der Waals surface area contributed by atoms with Gasteiger partial charge < -0.3 is 10.5 Å². The van der Waals surface area contributed by atoms with Crippen molar-refractivity contribution in [3.05, 3.63) is 35.6 Å². The zero-order chi connectivity index (χ0) is 11.7. The number of ether oxygens (including phenoxy) is 1. The van der Waals surface area contributed by atoms with Gasteiger partial charge in [0.2, 0.25) is 0 Å². The van der Waals surface area contributed by atoms with Crippen LogP contribution in [0.5, 0.6) is 5.75 Å². The Hall–Kier alpha value is -2.28. The molecule has 0 amide bonds. The van der Waals surface area contributed by atoms with Crippen molar-refractivity contribution in [3.8, 4) is 11.8 Å². The molecule has 0 aliphatic heterocycles. The van der Waals surface area contributed by atoms with E-state index < -0.39 is 5.82 Å². The summed E-state index contributed by atoms with van der Waals surface area (Å²) in [6, 6.07) is 8.11. The highest BCUT2D eigenvalue weighted by molar-refractivity contribution is 5.92. The lowest BCUT2D eigenvalue weighted by Gasteiger charge is -2.08. The first kappa shape index (κ1) is 10.2. The van der Waals surface area contributed by atoms with E-state index in [1.807, 2.05) is 0 Å². The van der Waals surface area contributed by atoms with Crippen molar-refractivity contribution in [2.75, 3.05) is 12.8 Å². The van der Waals surface area contributed by atoms with Gasteiger partial charge >= 0.3 is 0 Å². The van der Waals surface area contributed by atoms with Crippen LogP contribution in [0.1, 0.15) is 5.56 Å². The van der Waals surface area contributed by atoms with Crippen molar-refractivity contribution in [3.63, 3.8) is 0 Å². The first-order valence-electron chi connectivity index (χ1n) is 4.63. The minimum atomic E-state index is -0.600. The molecule has 0 heterocycles. The fourth-order valence-corrected chi connectivity index (χ4v) is 1.68. The second-order valence-electron chi connectivity index (χ2n) is 3.36. The monoisotopic (exact) mass is 216 g/mol. The number of hydrogen-bond acceptors (Lipinski definition) is 3. The summed E-state index contributed by atoms with van der Waals surface area (Å²) in [5, 5.41) is 10.1. The molecule has 0 aliphatic carbocycles. The highest BCUT2D eigenvalue weighted by atomic mass is 19.1. The van der Waals surface area contributed by atoms with Crippen LogP contribution in [0.15, 0.2) is 24.3 Å². The molecule has 0 radical (unpaired) electrons. The number of benzene rings is 2. The Morgan fingerprint density at radius 3 is 2.75 bits per heavy atom. The number of hydrogen-bond donors (Lipinski definition) is 1. The predicted octanol–water partition coefficient (Wildman–Crippen LogP) is 2.44. The fraction of sp³-hybridized carbons (Fsp3) is 0.0833. The quantitative estimate of drug-likeness (QED) is 0.745. The third-order valence-electron chi connectivity index (χ3n) is 2.38. The molecule has 0 fully saturated rings. The minimum absolute atomic E-state index is 0.0835. The van der Waals surface area contributed by atoms with E-state index in [9.17, 15) is 4.39 Å². The van der Waals surface area contributed by atoms with Crippen LogP contribution in [0.25, 0.3) is 10.8 Å². The standard InChI is InChI=1S/C12H9FN2O/c1-16-12-9-3-2-8(15)4-7(9)5-11(13)10(12)6-14/h2-5H,15H2,1H3. The van der Waals surface area contributed by atoms with Crippen LogP contribution >= 0.6 is 0 Å². The van der Waals surface area contributed by atoms with Gasteiger partial charge in [0.05, 0.1) is 7.11 Å². The number of fused-ring (bicyclic) bond motifs is 1. The Bertz CT molecular complexity index is 602. The second-order valence-corrected chi connectivity index (χ2v) is 3.36. The molecule has 2 rings (SSSR count). The van der Waals surface area contributed by atoms with Gasteiger partial charge in [-0.05, 0) is 29.7 Å². The molecule has 2 aromatic rings. The third-order valence-corrected chi connectivity index (χ3v) is 2.38. The van der Waals surface area contributed by atoms with Crippen molar-refractivity contribution in [1.29, 1.82) is 5.26 Å². The van der Waals surface area contributed by atoms with Crippen LogP contribution in [-0.4, -0.2) is 7.11 Å². The molecule has 0 spiro atoms. The Kier molecular flexibility index (Phi) is 2.37. The molecule has 2 aromatic carbocycles. The average Bonchev–Trinajstić information content (AvgIpc) is 2.26. The number of nitrogens with zero attached hydrogens (tertiary/aromatic N) is 1. The summed E-state index contributed by atoms with van der Waals surface area (Å²) in [5.74, 6) is -0.352. The van der Waals surface area contributed by atoms with Crippen molar-refractivity contribution >= 4 is 16.5 Å². The maximum Gasteiger partial charge on any atom is 0.147 e. The van der Waals surface area contributed by atoms with Gasteiger partial charge in [0.1, 0.15) is 23.2 Å². The van der Waals surface area contributed by atoms with E-state index in [1.165, 1.54) is 13.2 Å². The maximum absolute atomic E-state index is 13.6. The maximum atomic E-state index is 13.6. The summed E-state index contributed by atoms with van der Waals surface area (Å²) in [6.07, 6.45) is 0. The molecular formula is C12H9FN2O. The number of nitriles is 1. The zero-order valence-electron chi connectivity index (χ0n) is 8.62. The van der Waals surface area contributed by atoms with E-state index in [2.05, 4.69) is 0 Å². The smallest absolute Gasteiger partial charge is 0.147 e. The number of anilines is 1. The van der Waals surface area contributed by atoms with E-state index >= 15 is 0 Å². The summed E-state index contributed by atoms with van der Waals surface area (Å²) in [5.41, 5.74) is 6.06. The molecule has 2 N–H and O–H groups in total. The number of nitrogen functional groups attached to an aromatic ring is 1. The van der Waals surface area contributed by atoms with Gasteiger partial charge in [-0.2, -0.15) is 5.26 Å². The third kappa shape index (κ3) is 1.43. The molecule has 4 heteroatoms. The minimum Gasteiger partial charge on any atom is -0.495 e. The van der Waals surface area contributed by atoms with Gasteiger partial charge in [0.15, 0.2) is 0 Å². The van der Waals surface area contributed by atoms with Crippen LogP contribution < -0.4 is 10.5 Å². The normalized spacial score (nSPS) is 10.1. The van der Waals surface area contributed by atoms with Crippen LogP contribution in [0.4, 0.5) is 10.1 Å². The van der Waals surface area contributed by atoms with Gasteiger partial charge in [-0.25, -0.2) is 4.39 Å². The second kappa shape index (κ2) is 3.70. The van der Waals surface area contributed by atoms with Crippen LogP contribution in [0.2, 0.25) is 0 Å². The summed E-state index contributed by atoms with van der Waals surface area (Å²) in [4.78, 5) is 0. The van der Waals surface area contributed by atoms with Gasteiger partial charge in [0, 0.05) is 11.1 Å². The first-order valence-corrected chi connectivity index (χ1v) is 4.63. The highest BCUT2D eigenvalue weighted by Crippen LogP contribution is 2.32. The van der Waals surface area contributed by atoms with Gasteiger partial charge in [0.25, 0.3) is 0 Å². The number of nitrogens with two attached hydrogens (primary N) is 1. The molecule has 0 aliphatic rings. The number of methoxy groups -OCH3 is 1. The van der Waals surface area contributed by atoms with Crippen molar-refractivity contribution in [2.45, 2.75) is 0 Å². The van der Waals surface area contributed by atoms with Gasteiger partial charge in [-0.1, -0.05) is 0 Å². The number of halogens is 1. The van der Waals surface area contributed by atoms with Crippen molar-refractivity contribution in [1.82, 2.24) is 0 Å². The molecule has 16 heavy (non-hydrogen) atoms. The largest absolute Gasteiger partial charge is 0.495 e. The molecule has 80 valence electrons. The Morgan fingerprint density at radius 2 is 2.12 bits per heavy atom. The van der Waals surface area contributed by atoms with Crippen LogP contribution in [0, 0.1) is 17.1 Å². The fourth-order valence-electron chi connectivity index (χ4n) is 1.68. The molecular weight excluding hydrogens is 207 g/mol. The molecule has 0 atom stereocenters. The number of rotatable bonds is 1. The van der Waals surface area contributed by atoms with Crippen LogP contribution in [0.3, 0.4) is 0 Å². The Balaban J connectivity index is 2.91. The van der Waals surface area contributed by atoms with Gasteiger partial charge in [-0.15, -0.1) is 0 Å². The molecule has 0 unspecified atom stereocenters. The first-order chi connectivity index (χ1) is 7.67. The molecule has 3 nitrogen and oxygen atoms in total. The molecule has 0 aromatic heterocycles. The van der Waals surface area contributed by atoms with E-state index in [1.54, 1.807) is 24.3 Å². The molecule has 0 bridgehead atoms. The molecule has 0 saturated heterocycles. The lowest BCUT2D eigenvalue weighted by atomic mass is 10.0. The van der Waals surface area contributed by atoms with Crippen molar-refractivity contribution in [2.24, 2.45) is 0 Å². The average molecular weight is 216 g/mol. The van der Waals surface area contributed by atoms with Crippen LogP contribution in [-0.2, 0) is 0 Å². The summed E-state index contributed by atoms with van der Waals surface area (Å²) in [7, 11) is 1.41. The summed E-state index contributed by atoms with van der Waals surface area (Å²) in [6.45, 7) is 0. The SMILES string of the molecule is COc1c(C#N)c(F)cc2cc(N)ccc12. The summed E-state index contributed by atoms with van der Waals surface area (Å²) >= 11 is 0. The van der Waals surface area contributed by atoms with E-state index in [0.717, 1.165) is 0 Å². The van der Waals surface area contributed by atoms with Crippen molar-refractivity contribution < 1.29 is 9.13 Å². The zero-order valence-corrected chi connectivity index (χ0v) is 8.62. The Morgan fingerprint density at radius 1 is 1.38 bits per heavy atom. The van der Waals surface area contributed by atoms with E-state index in [4.69, 9.17) is 15.7 Å². The van der Waals surface area contributed by atoms with E-state index in [0.29, 0.717) is 16.5 Å². The highest BCUT2D eigenvalue weighted by Gasteiger charge is 2.13. The Labute approximate surface area is 91.9 Å². The summed E-state index contributed by atoms with van der Waals surface area (Å²) < 4.78 is 18.6. The lowest BCUT2D eigenvalue weighted by Crippen LogP contribution is -1.94. The molecule has 0 saturated carbocycles. The topological polar surface area (TPSA) is 59.0 Å². The van der Waals surface area contributed by atoms with E-state index in [-0.39, 0.29) is 11.3 Å².